The molecule has 1 aromatic carbocycles. The fourth-order valence-electron chi connectivity index (χ4n) is 1.91. The van der Waals surface area contributed by atoms with Gasteiger partial charge in [-0.05, 0) is 40.5 Å². The first-order chi connectivity index (χ1) is 9.43. The summed E-state index contributed by atoms with van der Waals surface area (Å²) < 4.78 is 16.1. The Balaban J connectivity index is 2.30. The van der Waals surface area contributed by atoms with Crippen LogP contribution in [0.1, 0.15) is 18.3 Å². The van der Waals surface area contributed by atoms with Crippen LogP contribution in [0.3, 0.4) is 0 Å². The molecule has 2 aromatic rings. The van der Waals surface area contributed by atoms with E-state index in [1.54, 1.807) is 16.8 Å². The predicted octanol–water partition coefficient (Wildman–Crippen LogP) is 3.40. The van der Waals surface area contributed by atoms with Gasteiger partial charge in [0.25, 0.3) is 0 Å². The van der Waals surface area contributed by atoms with Gasteiger partial charge in [-0.15, -0.1) is 0 Å². The highest BCUT2D eigenvalue weighted by molar-refractivity contribution is 9.10. The highest BCUT2D eigenvalue weighted by Crippen LogP contribution is 2.27. The summed E-state index contributed by atoms with van der Waals surface area (Å²) in [4.78, 5) is 0.652. The van der Waals surface area contributed by atoms with Crippen molar-refractivity contribution in [1.82, 2.24) is 9.78 Å². The maximum atomic E-state index is 12.5. The lowest BCUT2D eigenvalue weighted by atomic mass is 10.3. The second kappa shape index (κ2) is 6.41. The number of nitrogens with two attached hydrogens (primary N) is 1. The lowest BCUT2D eigenvalue weighted by molar-refractivity contribution is 0.675. The monoisotopic (exact) mass is 419 g/mol. The molecule has 0 aliphatic rings. The Labute approximate surface area is 137 Å². The number of hydrogen-bond donors (Lipinski definition) is 1. The molecule has 1 atom stereocenters. The van der Waals surface area contributed by atoms with Crippen molar-refractivity contribution in [3.05, 3.63) is 38.5 Å². The van der Waals surface area contributed by atoms with Gasteiger partial charge in [0.1, 0.15) is 0 Å². The van der Waals surface area contributed by atoms with Crippen LogP contribution >= 0.6 is 31.9 Å². The molecule has 0 saturated heterocycles. The first kappa shape index (κ1) is 15.7. The minimum atomic E-state index is -1.20. The van der Waals surface area contributed by atoms with Gasteiger partial charge in [-0.1, -0.05) is 22.9 Å². The van der Waals surface area contributed by atoms with Crippen LogP contribution in [0, 0.1) is 0 Å². The molecule has 0 bridgehead atoms. The summed E-state index contributed by atoms with van der Waals surface area (Å²) in [5, 5.41) is 4.41. The number of benzene rings is 1. The fraction of sp³-hybridized carbons (Fsp3) is 0.308. The third-order valence-electron chi connectivity index (χ3n) is 2.99. The molecule has 0 aliphatic carbocycles. The number of aryl methyl sites for hydroxylation is 2. The standard InChI is InChI=1S/C13H15Br2N3OS/c1-3-10-13(15)11(18(2)17-10)7-20(19)12-5-4-8(14)6-9(12)16/h4-6H,3,7,16H2,1-2H3. The largest absolute Gasteiger partial charge is 0.398 e. The molecule has 7 heteroatoms. The molecular formula is C13H15Br2N3OS. The van der Waals surface area contributed by atoms with Crippen molar-refractivity contribution in [3.8, 4) is 0 Å². The first-order valence-corrected chi connectivity index (χ1v) is 8.98. The summed E-state index contributed by atoms with van der Waals surface area (Å²) in [5.74, 6) is 0.385. The van der Waals surface area contributed by atoms with E-state index in [2.05, 4.69) is 37.0 Å². The van der Waals surface area contributed by atoms with Gasteiger partial charge in [-0.2, -0.15) is 5.10 Å². The zero-order valence-corrected chi connectivity index (χ0v) is 15.2. The summed E-state index contributed by atoms with van der Waals surface area (Å²) in [6, 6.07) is 5.41. The highest BCUT2D eigenvalue weighted by atomic mass is 79.9. The Morgan fingerprint density at radius 1 is 1.40 bits per heavy atom. The normalized spacial score (nSPS) is 12.6. The zero-order valence-electron chi connectivity index (χ0n) is 11.2. The topological polar surface area (TPSA) is 60.9 Å². The van der Waals surface area contributed by atoms with Crippen molar-refractivity contribution in [2.75, 3.05) is 5.73 Å². The molecule has 0 fully saturated rings. The summed E-state index contributed by atoms with van der Waals surface area (Å²) >= 11 is 6.88. The van der Waals surface area contributed by atoms with E-state index in [0.29, 0.717) is 16.3 Å². The highest BCUT2D eigenvalue weighted by Gasteiger charge is 2.17. The maximum absolute atomic E-state index is 12.5. The smallest absolute Gasteiger partial charge is 0.0767 e. The first-order valence-electron chi connectivity index (χ1n) is 6.07. The molecule has 1 unspecified atom stereocenters. The molecule has 0 amide bonds. The van der Waals surface area contributed by atoms with Crippen LogP contribution in [0.5, 0.6) is 0 Å². The van der Waals surface area contributed by atoms with Crippen molar-refractivity contribution in [3.63, 3.8) is 0 Å². The van der Waals surface area contributed by atoms with E-state index in [0.717, 1.165) is 26.8 Å². The zero-order chi connectivity index (χ0) is 14.9. The average Bonchev–Trinajstić information content (AvgIpc) is 2.66. The van der Waals surface area contributed by atoms with Crippen LogP contribution in [0.25, 0.3) is 0 Å². The Morgan fingerprint density at radius 3 is 2.65 bits per heavy atom. The predicted molar refractivity (Wildman–Crippen MR) is 89.0 cm³/mol. The van der Waals surface area contributed by atoms with Gasteiger partial charge in [0.05, 0.1) is 37.3 Å². The van der Waals surface area contributed by atoms with Crippen LogP contribution < -0.4 is 5.73 Å². The van der Waals surface area contributed by atoms with E-state index in [-0.39, 0.29) is 0 Å². The van der Waals surface area contributed by atoms with Crippen LogP contribution in [0.4, 0.5) is 5.69 Å². The van der Waals surface area contributed by atoms with Crippen LogP contribution in [-0.4, -0.2) is 14.0 Å². The maximum Gasteiger partial charge on any atom is 0.0767 e. The van der Waals surface area contributed by atoms with Gasteiger partial charge in [-0.3, -0.25) is 8.89 Å². The lowest BCUT2D eigenvalue weighted by Gasteiger charge is -2.07. The number of hydrogen-bond acceptors (Lipinski definition) is 3. The molecular weight excluding hydrogens is 406 g/mol. The quantitative estimate of drug-likeness (QED) is 0.771. The molecule has 108 valence electrons. The number of anilines is 1. The van der Waals surface area contributed by atoms with E-state index in [9.17, 15) is 4.21 Å². The van der Waals surface area contributed by atoms with Crippen LogP contribution in [0.15, 0.2) is 32.0 Å². The SMILES string of the molecule is CCc1nn(C)c(CS(=O)c2ccc(Br)cc2N)c1Br. The number of nitrogens with zero attached hydrogens (tertiary/aromatic N) is 2. The third-order valence-corrected chi connectivity index (χ3v) is 5.79. The van der Waals surface area contributed by atoms with Crippen molar-refractivity contribution >= 4 is 48.3 Å². The molecule has 0 saturated carbocycles. The number of halogens is 2. The minimum Gasteiger partial charge on any atom is -0.398 e. The Kier molecular flexibility index (Phi) is 5.04. The van der Waals surface area contributed by atoms with Gasteiger partial charge in [-0.25, -0.2) is 0 Å². The van der Waals surface area contributed by atoms with Crippen LogP contribution in [-0.2, 0) is 30.0 Å². The number of aromatic nitrogens is 2. The Hall–Kier alpha value is -0.660. The van der Waals surface area contributed by atoms with Crippen molar-refractivity contribution < 1.29 is 4.21 Å². The van der Waals surface area contributed by atoms with Gasteiger partial charge in [0, 0.05) is 17.2 Å². The van der Waals surface area contributed by atoms with Crippen molar-refractivity contribution in [2.45, 2.75) is 24.0 Å². The van der Waals surface area contributed by atoms with Gasteiger partial charge >= 0.3 is 0 Å². The van der Waals surface area contributed by atoms with E-state index in [4.69, 9.17) is 5.73 Å². The molecule has 0 spiro atoms. The molecule has 2 N–H and O–H groups in total. The third kappa shape index (κ3) is 3.15. The molecule has 20 heavy (non-hydrogen) atoms. The minimum absolute atomic E-state index is 0.385. The fourth-order valence-corrected chi connectivity index (χ4v) is 4.50. The second-order valence-electron chi connectivity index (χ2n) is 4.36. The number of nitrogen functional groups attached to an aromatic ring is 1. The molecule has 1 aromatic heterocycles. The van der Waals surface area contributed by atoms with E-state index in [1.807, 2.05) is 20.0 Å². The van der Waals surface area contributed by atoms with E-state index < -0.39 is 10.8 Å². The van der Waals surface area contributed by atoms with Gasteiger partial charge < -0.3 is 5.73 Å². The summed E-state index contributed by atoms with van der Waals surface area (Å²) in [7, 11) is 0.662. The molecule has 1 heterocycles. The van der Waals surface area contributed by atoms with E-state index >= 15 is 0 Å². The van der Waals surface area contributed by atoms with Gasteiger partial charge in [0.2, 0.25) is 0 Å². The molecule has 4 nitrogen and oxygen atoms in total. The van der Waals surface area contributed by atoms with Crippen molar-refractivity contribution in [2.24, 2.45) is 7.05 Å². The van der Waals surface area contributed by atoms with Crippen molar-refractivity contribution in [1.29, 1.82) is 0 Å². The summed E-state index contributed by atoms with van der Waals surface area (Å²) in [5.41, 5.74) is 8.35. The van der Waals surface area contributed by atoms with Crippen LogP contribution in [0.2, 0.25) is 0 Å². The Bertz CT molecular complexity index is 670. The van der Waals surface area contributed by atoms with Gasteiger partial charge in [0.15, 0.2) is 0 Å². The molecule has 2 rings (SSSR count). The molecule has 0 radical (unpaired) electrons. The van der Waals surface area contributed by atoms with E-state index in [1.165, 1.54) is 0 Å². The molecule has 0 aliphatic heterocycles. The number of rotatable bonds is 4. The second-order valence-corrected chi connectivity index (χ2v) is 7.48. The summed E-state index contributed by atoms with van der Waals surface area (Å²) in [6.45, 7) is 2.04. The lowest BCUT2D eigenvalue weighted by Crippen LogP contribution is -2.05. The Morgan fingerprint density at radius 2 is 2.10 bits per heavy atom. The summed E-state index contributed by atoms with van der Waals surface area (Å²) in [6.07, 6.45) is 0.835. The average molecular weight is 421 g/mol.